The second-order valence-electron chi connectivity index (χ2n) is 3.18. The number of likely N-dealkylation sites (N-methyl/N-ethyl adjacent to an activating group) is 1. The number of amides is 1. The Morgan fingerprint density at radius 2 is 2.38 bits per heavy atom. The molecule has 1 rings (SSSR count). The zero-order valence-corrected chi connectivity index (χ0v) is 9.73. The summed E-state index contributed by atoms with van der Waals surface area (Å²) in [6.07, 6.45) is 1.57. The third kappa shape index (κ3) is 3.38. The maximum absolute atomic E-state index is 11.5. The lowest BCUT2D eigenvalue weighted by Crippen LogP contribution is -2.32. The molecule has 0 saturated heterocycles. The molecule has 0 aliphatic heterocycles. The molecule has 0 fully saturated rings. The Morgan fingerprint density at radius 3 is 3.00 bits per heavy atom. The Labute approximate surface area is 94.6 Å². The molecule has 1 aromatic heterocycles. The van der Waals surface area contributed by atoms with Gasteiger partial charge in [-0.3, -0.25) is 4.79 Å². The highest BCUT2D eigenvalue weighted by atomic mass is 16.5. The first-order chi connectivity index (χ1) is 7.67. The molecule has 0 aliphatic carbocycles. The minimum Gasteiger partial charge on any atom is -0.481 e. The van der Waals surface area contributed by atoms with Crippen LogP contribution in [0.25, 0.3) is 0 Å². The van der Waals surface area contributed by atoms with Crippen molar-refractivity contribution in [2.24, 2.45) is 0 Å². The Bertz CT molecular complexity index is 356. The van der Waals surface area contributed by atoms with Crippen molar-refractivity contribution in [3.8, 4) is 5.88 Å². The van der Waals surface area contributed by atoms with Crippen LogP contribution in [0.4, 0.5) is 5.95 Å². The third-order valence-electron chi connectivity index (χ3n) is 2.14. The average molecular weight is 224 g/mol. The lowest BCUT2D eigenvalue weighted by Gasteiger charge is -2.14. The van der Waals surface area contributed by atoms with Crippen molar-refractivity contribution >= 4 is 11.9 Å². The molecule has 0 atom stereocenters. The van der Waals surface area contributed by atoms with Crippen LogP contribution >= 0.6 is 0 Å². The van der Waals surface area contributed by atoms with Crippen LogP contribution in [0.2, 0.25) is 0 Å². The normalized spacial score (nSPS) is 9.69. The van der Waals surface area contributed by atoms with E-state index in [-0.39, 0.29) is 12.5 Å². The molecule has 6 nitrogen and oxygen atoms in total. The van der Waals surface area contributed by atoms with Crippen LogP contribution in [0.1, 0.15) is 6.92 Å². The number of carbonyl (C=O) groups is 1. The summed E-state index contributed by atoms with van der Waals surface area (Å²) in [5, 5.41) is 2.84. The van der Waals surface area contributed by atoms with E-state index in [4.69, 9.17) is 4.74 Å². The van der Waals surface area contributed by atoms with E-state index < -0.39 is 0 Å². The highest BCUT2D eigenvalue weighted by Crippen LogP contribution is 2.06. The van der Waals surface area contributed by atoms with Gasteiger partial charge in [-0.2, -0.15) is 4.98 Å². The first-order valence-electron chi connectivity index (χ1n) is 5.02. The molecule has 1 aromatic rings. The van der Waals surface area contributed by atoms with Gasteiger partial charge in [0.1, 0.15) is 0 Å². The van der Waals surface area contributed by atoms with Crippen molar-refractivity contribution in [1.29, 1.82) is 0 Å². The van der Waals surface area contributed by atoms with Gasteiger partial charge in [0.25, 0.3) is 0 Å². The molecular weight excluding hydrogens is 208 g/mol. The van der Waals surface area contributed by atoms with Gasteiger partial charge in [-0.25, -0.2) is 4.98 Å². The van der Waals surface area contributed by atoms with Gasteiger partial charge in [0.15, 0.2) is 0 Å². The van der Waals surface area contributed by atoms with Crippen molar-refractivity contribution in [2.75, 3.05) is 32.6 Å². The maximum Gasteiger partial charge on any atom is 0.241 e. The average Bonchev–Trinajstić information content (AvgIpc) is 2.35. The highest BCUT2D eigenvalue weighted by molar-refractivity contribution is 5.80. The van der Waals surface area contributed by atoms with E-state index in [1.165, 1.54) is 7.11 Å². The Morgan fingerprint density at radius 1 is 1.62 bits per heavy atom. The van der Waals surface area contributed by atoms with Crippen LogP contribution in [-0.2, 0) is 4.79 Å². The Kier molecular flexibility index (Phi) is 4.50. The number of methoxy groups -OCH3 is 1. The number of carbonyl (C=O) groups excluding carboxylic acids is 1. The monoisotopic (exact) mass is 224 g/mol. The molecule has 1 amide bonds. The van der Waals surface area contributed by atoms with Crippen LogP contribution in [-0.4, -0.2) is 48.0 Å². The zero-order valence-electron chi connectivity index (χ0n) is 9.73. The summed E-state index contributed by atoms with van der Waals surface area (Å²) in [6.45, 7) is 2.77. The van der Waals surface area contributed by atoms with E-state index >= 15 is 0 Å². The summed E-state index contributed by atoms with van der Waals surface area (Å²) >= 11 is 0. The van der Waals surface area contributed by atoms with E-state index in [2.05, 4.69) is 15.3 Å². The van der Waals surface area contributed by atoms with Crippen LogP contribution in [0.3, 0.4) is 0 Å². The molecule has 0 aliphatic rings. The summed E-state index contributed by atoms with van der Waals surface area (Å²) < 4.78 is 4.94. The minimum absolute atomic E-state index is 0.00563. The largest absolute Gasteiger partial charge is 0.481 e. The lowest BCUT2D eigenvalue weighted by molar-refractivity contribution is -0.127. The minimum atomic E-state index is -0.00563. The smallest absolute Gasteiger partial charge is 0.241 e. The highest BCUT2D eigenvalue weighted by Gasteiger charge is 2.06. The van der Waals surface area contributed by atoms with E-state index in [1.807, 2.05) is 6.92 Å². The van der Waals surface area contributed by atoms with Crippen molar-refractivity contribution < 1.29 is 9.53 Å². The fourth-order valence-corrected chi connectivity index (χ4v) is 1.01. The number of rotatable bonds is 5. The Hall–Kier alpha value is -1.85. The van der Waals surface area contributed by atoms with E-state index in [0.717, 1.165) is 0 Å². The number of anilines is 1. The van der Waals surface area contributed by atoms with Gasteiger partial charge in [-0.15, -0.1) is 0 Å². The van der Waals surface area contributed by atoms with Crippen LogP contribution < -0.4 is 10.1 Å². The number of nitrogens with zero attached hydrogens (tertiary/aromatic N) is 3. The summed E-state index contributed by atoms with van der Waals surface area (Å²) in [7, 11) is 3.28. The number of aromatic nitrogens is 2. The van der Waals surface area contributed by atoms with Crippen LogP contribution in [0, 0.1) is 0 Å². The van der Waals surface area contributed by atoms with E-state index in [9.17, 15) is 4.79 Å². The summed E-state index contributed by atoms with van der Waals surface area (Å²) in [4.78, 5) is 21.1. The Balaban J connectivity index is 2.51. The van der Waals surface area contributed by atoms with Crippen molar-refractivity contribution in [3.63, 3.8) is 0 Å². The third-order valence-corrected chi connectivity index (χ3v) is 2.14. The van der Waals surface area contributed by atoms with Gasteiger partial charge in [0.05, 0.1) is 13.7 Å². The number of nitrogens with one attached hydrogen (secondary N) is 1. The molecule has 88 valence electrons. The summed E-state index contributed by atoms with van der Waals surface area (Å²) in [5.74, 6) is 0.847. The van der Waals surface area contributed by atoms with Crippen molar-refractivity contribution in [3.05, 3.63) is 12.3 Å². The van der Waals surface area contributed by atoms with Gasteiger partial charge in [-0.1, -0.05) is 0 Å². The first kappa shape index (κ1) is 12.2. The van der Waals surface area contributed by atoms with Gasteiger partial charge in [-0.05, 0) is 6.92 Å². The number of hydrogen-bond acceptors (Lipinski definition) is 5. The molecule has 0 bridgehead atoms. The zero-order chi connectivity index (χ0) is 12.0. The first-order valence-corrected chi connectivity index (χ1v) is 5.02. The van der Waals surface area contributed by atoms with Gasteiger partial charge < -0.3 is 15.0 Å². The standard InChI is InChI=1S/C10H16N4O2/c1-4-14(2)9(15)7-12-10-11-6-5-8(13-10)16-3/h5-6H,4,7H2,1-3H3,(H,11,12,13). The quantitative estimate of drug-likeness (QED) is 0.783. The van der Waals surface area contributed by atoms with Gasteiger partial charge in [0.2, 0.25) is 17.7 Å². The second-order valence-corrected chi connectivity index (χ2v) is 3.18. The molecular formula is C10H16N4O2. The molecule has 0 aromatic carbocycles. The molecule has 16 heavy (non-hydrogen) atoms. The van der Waals surface area contributed by atoms with Crippen LogP contribution in [0.15, 0.2) is 12.3 Å². The SMILES string of the molecule is CCN(C)C(=O)CNc1nccc(OC)n1. The van der Waals surface area contributed by atoms with Crippen LogP contribution in [0.5, 0.6) is 5.88 Å². The van der Waals surface area contributed by atoms with E-state index in [1.54, 1.807) is 24.2 Å². The number of ether oxygens (including phenoxy) is 1. The molecule has 0 radical (unpaired) electrons. The molecule has 1 N–H and O–H groups in total. The fourth-order valence-electron chi connectivity index (χ4n) is 1.01. The molecule has 6 heteroatoms. The predicted octanol–water partition coefficient (Wildman–Crippen LogP) is 0.375. The predicted molar refractivity (Wildman–Crippen MR) is 60.4 cm³/mol. The van der Waals surface area contributed by atoms with Crippen molar-refractivity contribution in [2.45, 2.75) is 6.92 Å². The number of hydrogen-bond donors (Lipinski definition) is 1. The van der Waals surface area contributed by atoms with Gasteiger partial charge in [0, 0.05) is 25.9 Å². The molecule has 0 unspecified atom stereocenters. The summed E-state index contributed by atoms with van der Waals surface area (Å²) in [6, 6.07) is 1.64. The molecule has 1 heterocycles. The topological polar surface area (TPSA) is 67.4 Å². The molecule has 0 saturated carbocycles. The fraction of sp³-hybridized carbons (Fsp3) is 0.500. The summed E-state index contributed by atoms with van der Waals surface area (Å²) in [5.41, 5.74) is 0. The molecule has 0 spiro atoms. The second kappa shape index (κ2) is 5.89. The van der Waals surface area contributed by atoms with Crippen molar-refractivity contribution in [1.82, 2.24) is 14.9 Å². The van der Waals surface area contributed by atoms with E-state index in [0.29, 0.717) is 18.4 Å². The lowest BCUT2D eigenvalue weighted by atomic mass is 10.5. The van der Waals surface area contributed by atoms with Gasteiger partial charge >= 0.3 is 0 Å². The maximum atomic E-state index is 11.5.